The van der Waals surface area contributed by atoms with Crippen LogP contribution in [0.4, 0.5) is 10.7 Å². The van der Waals surface area contributed by atoms with E-state index >= 15 is 0 Å². The maximum absolute atomic E-state index is 12.5. The summed E-state index contributed by atoms with van der Waals surface area (Å²) in [5, 5.41) is 3.87. The monoisotopic (exact) mass is 371 g/mol. The Balaban J connectivity index is 1.29. The lowest BCUT2D eigenvalue weighted by Crippen LogP contribution is -2.53. The first kappa shape index (κ1) is 17.1. The molecule has 4 rings (SSSR count). The summed E-state index contributed by atoms with van der Waals surface area (Å²) in [6, 6.07) is 9.80. The number of anilines is 1. The molecule has 1 aromatic carbocycles. The van der Waals surface area contributed by atoms with Gasteiger partial charge in [0.25, 0.3) is 0 Å². The minimum absolute atomic E-state index is 0.0128. The quantitative estimate of drug-likeness (QED) is 0.897. The summed E-state index contributed by atoms with van der Waals surface area (Å²) in [4.78, 5) is 25.1. The Hall–Kier alpha value is -2.34. The molecule has 1 aliphatic heterocycles. The van der Waals surface area contributed by atoms with Gasteiger partial charge in [-0.2, -0.15) is 0 Å². The van der Waals surface area contributed by atoms with E-state index in [2.05, 4.69) is 32.3 Å². The van der Waals surface area contributed by atoms with E-state index in [1.54, 1.807) is 12.4 Å². The topological polar surface area (TPSA) is 61.4 Å². The predicted molar refractivity (Wildman–Crippen MR) is 102 cm³/mol. The molecule has 2 heterocycles. The molecule has 2 amide bonds. The average Bonchev–Trinajstić information content (AvgIpc) is 3.49. The maximum atomic E-state index is 12.5. The van der Waals surface area contributed by atoms with Crippen LogP contribution < -0.4 is 10.2 Å². The third-order valence-electron chi connectivity index (χ3n) is 5.29. The molecule has 1 aromatic heterocycles. The van der Waals surface area contributed by atoms with E-state index in [4.69, 9.17) is 11.6 Å². The van der Waals surface area contributed by atoms with Crippen molar-refractivity contribution in [1.29, 1.82) is 0 Å². The van der Waals surface area contributed by atoms with E-state index in [0.717, 1.165) is 36.9 Å². The standard InChI is InChI=1S/C19H22ClN5O/c20-16-4-2-15(3-5-16)19(6-7-19)14-23-18(26)25-12-10-24(11-13-25)17-21-8-1-9-22-17/h1-5,8-9H,6-7,10-14H2,(H,23,26). The molecule has 1 N–H and O–H groups in total. The number of hydrogen-bond acceptors (Lipinski definition) is 4. The number of amides is 2. The highest BCUT2D eigenvalue weighted by molar-refractivity contribution is 6.30. The van der Waals surface area contributed by atoms with Gasteiger partial charge >= 0.3 is 6.03 Å². The highest BCUT2D eigenvalue weighted by Crippen LogP contribution is 2.47. The SMILES string of the molecule is O=C(NCC1(c2ccc(Cl)cc2)CC1)N1CCN(c2ncccn2)CC1. The highest BCUT2D eigenvalue weighted by Gasteiger charge is 2.44. The zero-order chi connectivity index (χ0) is 18.0. The molecule has 2 fully saturated rings. The largest absolute Gasteiger partial charge is 0.337 e. The molecule has 2 aliphatic rings. The van der Waals surface area contributed by atoms with Crippen LogP contribution in [0.3, 0.4) is 0 Å². The summed E-state index contributed by atoms with van der Waals surface area (Å²) in [6.45, 7) is 3.53. The fourth-order valence-corrected chi connectivity index (χ4v) is 3.57. The molecule has 7 heteroatoms. The van der Waals surface area contributed by atoms with Crippen molar-refractivity contribution in [2.45, 2.75) is 18.3 Å². The van der Waals surface area contributed by atoms with Crippen LogP contribution >= 0.6 is 11.6 Å². The van der Waals surface area contributed by atoms with E-state index in [1.807, 2.05) is 23.1 Å². The van der Waals surface area contributed by atoms with Crippen LogP contribution in [0.15, 0.2) is 42.7 Å². The highest BCUT2D eigenvalue weighted by atomic mass is 35.5. The molecule has 136 valence electrons. The number of halogens is 1. The van der Waals surface area contributed by atoms with Gasteiger partial charge in [0, 0.05) is 55.6 Å². The second kappa shape index (κ2) is 7.11. The lowest BCUT2D eigenvalue weighted by Gasteiger charge is -2.35. The Bertz CT molecular complexity index is 755. The molecular formula is C19H22ClN5O. The van der Waals surface area contributed by atoms with Gasteiger partial charge in [0.05, 0.1) is 0 Å². The second-order valence-corrected chi connectivity index (χ2v) is 7.41. The van der Waals surface area contributed by atoms with Gasteiger partial charge in [-0.1, -0.05) is 23.7 Å². The van der Waals surface area contributed by atoms with Crippen molar-refractivity contribution < 1.29 is 4.79 Å². The van der Waals surface area contributed by atoms with E-state index < -0.39 is 0 Å². The molecule has 0 radical (unpaired) electrons. The zero-order valence-corrected chi connectivity index (χ0v) is 15.3. The van der Waals surface area contributed by atoms with Crippen molar-refractivity contribution >= 4 is 23.6 Å². The van der Waals surface area contributed by atoms with E-state index in [-0.39, 0.29) is 11.4 Å². The van der Waals surface area contributed by atoms with Crippen LogP contribution in [0.2, 0.25) is 5.02 Å². The van der Waals surface area contributed by atoms with Crippen LogP contribution in [0.5, 0.6) is 0 Å². The molecule has 26 heavy (non-hydrogen) atoms. The van der Waals surface area contributed by atoms with Crippen molar-refractivity contribution in [3.8, 4) is 0 Å². The molecule has 0 spiro atoms. The molecule has 0 bridgehead atoms. The van der Waals surface area contributed by atoms with Crippen LogP contribution in [-0.2, 0) is 5.41 Å². The summed E-state index contributed by atoms with van der Waals surface area (Å²) < 4.78 is 0. The number of rotatable bonds is 4. The van der Waals surface area contributed by atoms with Gasteiger partial charge in [-0.15, -0.1) is 0 Å². The smallest absolute Gasteiger partial charge is 0.317 e. The number of urea groups is 1. The summed E-state index contributed by atoms with van der Waals surface area (Å²) in [7, 11) is 0. The van der Waals surface area contributed by atoms with Crippen molar-refractivity contribution in [2.75, 3.05) is 37.6 Å². The number of aromatic nitrogens is 2. The fraction of sp³-hybridized carbons (Fsp3) is 0.421. The Labute approximate surface area is 158 Å². The summed E-state index contributed by atoms with van der Waals surface area (Å²) in [6.07, 6.45) is 5.70. The molecule has 1 saturated carbocycles. The summed E-state index contributed by atoms with van der Waals surface area (Å²) in [5.41, 5.74) is 1.34. The Morgan fingerprint density at radius 3 is 2.35 bits per heavy atom. The van der Waals surface area contributed by atoms with Gasteiger partial charge in [0.15, 0.2) is 0 Å². The molecule has 6 nitrogen and oxygen atoms in total. The van der Waals surface area contributed by atoms with Crippen molar-refractivity contribution in [3.05, 3.63) is 53.3 Å². The minimum Gasteiger partial charge on any atom is -0.337 e. The first-order chi connectivity index (χ1) is 12.7. The number of carbonyl (C=O) groups excluding carboxylic acids is 1. The maximum Gasteiger partial charge on any atom is 0.317 e. The van der Waals surface area contributed by atoms with Crippen LogP contribution in [0.25, 0.3) is 0 Å². The number of nitrogens with one attached hydrogen (secondary N) is 1. The molecule has 2 aromatic rings. The number of carbonyl (C=O) groups is 1. The summed E-state index contributed by atoms with van der Waals surface area (Å²) in [5.74, 6) is 0.729. The molecule has 0 unspecified atom stereocenters. The van der Waals surface area contributed by atoms with Gasteiger partial charge in [0.2, 0.25) is 5.95 Å². The molecular weight excluding hydrogens is 350 g/mol. The van der Waals surface area contributed by atoms with Crippen LogP contribution in [-0.4, -0.2) is 53.6 Å². The number of benzene rings is 1. The van der Waals surface area contributed by atoms with E-state index in [9.17, 15) is 4.79 Å². The Kier molecular flexibility index (Phi) is 4.68. The summed E-state index contributed by atoms with van der Waals surface area (Å²) >= 11 is 5.98. The van der Waals surface area contributed by atoms with Gasteiger partial charge < -0.3 is 15.1 Å². The third-order valence-corrected chi connectivity index (χ3v) is 5.54. The van der Waals surface area contributed by atoms with Crippen molar-refractivity contribution in [1.82, 2.24) is 20.2 Å². The van der Waals surface area contributed by atoms with Gasteiger partial charge in [-0.3, -0.25) is 0 Å². The zero-order valence-electron chi connectivity index (χ0n) is 14.6. The van der Waals surface area contributed by atoms with Gasteiger partial charge in [0.1, 0.15) is 0 Å². The second-order valence-electron chi connectivity index (χ2n) is 6.97. The average molecular weight is 372 g/mol. The minimum atomic E-state index is 0.0128. The van der Waals surface area contributed by atoms with Crippen molar-refractivity contribution in [3.63, 3.8) is 0 Å². The molecule has 1 saturated heterocycles. The fourth-order valence-electron chi connectivity index (χ4n) is 3.44. The normalized spacial score (nSPS) is 18.5. The number of hydrogen-bond donors (Lipinski definition) is 1. The van der Waals surface area contributed by atoms with Crippen molar-refractivity contribution in [2.24, 2.45) is 0 Å². The Morgan fingerprint density at radius 2 is 1.73 bits per heavy atom. The Morgan fingerprint density at radius 1 is 1.08 bits per heavy atom. The van der Waals surface area contributed by atoms with Crippen LogP contribution in [0, 0.1) is 0 Å². The first-order valence-corrected chi connectivity index (χ1v) is 9.35. The van der Waals surface area contributed by atoms with Gasteiger partial charge in [-0.05, 0) is 36.6 Å². The first-order valence-electron chi connectivity index (χ1n) is 8.97. The third kappa shape index (κ3) is 3.60. The number of piperazine rings is 1. The predicted octanol–water partition coefficient (Wildman–Crippen LogP) is 2.69. The lowest BCUT2D eigenvalue weighted by atomic mass is 9.96. The molecule has 1 aliphatic carbocycles. The molecule has 0 atom stereocenters. The van der Waals surface area contributed by atoms with E-state index in [0.29, 0.717) is 19.6 Å². The van der Waals surface area contributed by atoms with Crippen LogP contribution in [0.1, 0.15) is 18.4 Å². The van der Waals surface area contributed by atoms with Gasteiger partial charge in [-0.25, -0.2) is 14.8 Å². The van der Waals surface area contributed by atoms with E-state index in [1.165, 1.54) is 5.56 Å². The lowest BCUT2D eigenvalue weighted by molar-refractivity contribution is 0.193. The number of nitrogens with zero attached hydrogens (tertiary/aromatic N) is 4.